The summed E-state index contributed by atoms with van der Waals surface area (Å²) in [6.07, 6.45) is 1.95. The number of aromatic nitrogens is 1. The SMILES string of the molecule is CCc1ccc(CNC(=O)c2sc(NCCc3ccccc3)nc2C)cc1. The Morgan fingerprint density at radius 1 is 1.00 bits per heavy atom. The number of thiazole rings is 1. The Bertz CT molecular complexity index is 872. The molecule has 1 heterocycles. The molecule has 0 aliphatic rings. The Morgan fingerprint density at radius 3 is 2.41 bits per heavy atom. The maximum absolute atomic E-state index is 12.5. The Balaban J connectivity index is 1.52. The zero-order valence-corrected chi connectivity index (χ0v) is 16.6. The van der Waals surface area contributed by atoms with Gasteiger partial charge in [0.1, 0.15) is 4.88 Å². The first-order chi connectivity index (χ1) is 13.2. The lowest BCUT2D eigenvalue weighted by molar-refractivity contribution is 0.0954. The molecule has 2 aromatic carbocycles. The van der Waals surface area contributed by atoms with Crippen LogP contribution in [0.4, 0.5) is 5.13 Å². The number of rotatable bonds is 8. The fourth-order valence-corrected chi connectivity index (χ4v) is 3.70. The summed E-state index contributed by atoms with van der Waals surface area (Å²) in [6, 6.07) is 18.7. The van der Waals surface area contributed by atoms with E-state index in [9.17, 15) is 4.79 Å². The monoisotopic (exact) mass is 379 g/mol. The van der Waals surface area contributed by atoms with Gasteiger partial charge >= 0.3 is 0 Å². The van der Waals surface area contributed by atoms with Crippen molar-refractivity contribution in [2.45, 2.75) is 33.2 Å². The number of benzene rings is 2. The standard InChI is InChI=1S/C22H25N3OS/c1-3-17-9-11-19(12-10-17)15-24-21(26)20-16(2)25-22(27-20)23-14-13-18-7-5-4-6-8-18/h4-12H,3,13-15H2,1-2H3,(H,23,25)(H,24,26). The fraction of sp³-hybridized carbons (Fsp3) is 0.273. The summed E-state index contributed by atoms with van der Waals surface area (Å²) in [6.45, 7) is 5.33. The maximum Gasteiger partial charge on any atom is 0.263 e. The van der Waals surface area contributed by atoms with E-state index in [0.29, 0.717) is 11.4 Å². The normalized spacial score (nSPS) is 10.6. The highest BCUT2D eigenvalue weighted by atomic mass is 32.1. The van der Waals surface area contributed by atoms with E-state index in [2.05, 4.69) is 58.9 Å². The molecule has 0 bridgehead atoms. The third-order valence-electron chi connectivity index (χ3n) is 4.42. The van der Waals surface area contributed by atoms with Crippen LogP contribution in [0.3, 0.4) is 0 Å². The molecule has 140 valence electrons. The highest BCUT2D eigenvalue weighted by molar-refractivity contribution is 7.17. The molecule has 5 heteroatoms. The third-order valence-corrected chi connectivity index (χ3v) is 5.53. The van der Waals surface area contributed by atoms with Gasteiger partial charge in [-0.25, -0.2) is 4.98 Å². The number of hydrogen-bond acceptors (Lipinski definition) is 4. The van der Waals surface area contributed by atoms with Crippen molar-refractivity contribution in [3.63, 3.8) is 0 Å². The highest BCUT2D eigenvalue weighted by Gasteiger charge is 2.15. The molecule has 1 amide bonds. The zero-order valence-electron chi connectivity index (χ0n) is 15.8. The van der Waals surface area contributed by atoms with Gasteiger partial charge in [0.15, 0.2) is 5.13 Å². The van der Waals surface area contributed by atoms with Crippen molar-refractivity contribution in [1.29, 1.82) is 0 Å². The molecular weight excluding hydrogens is 354 g/mol. The van der Waals surface area contributed by atoms with E-state index in [0.717, 1.165) is 35.8 Å². The smallest absolute Gasteiger partial charge is 0.263 e. The molecule has 0 saturated carbocycles. The number of aryl methyl sites for hydroxylation is 2. The van der Waals surface area contributed by atoms with Crippen molar-refractivity contribution in [3.8, 4) is 0 Å². The zero-order chi connectivity index (χ0) is 19.1. The molecule has 3 rings (SSSR count). The van der Waals surface area contributed by atoms with Crippen LogP contribution in [0.2, 0.25) is 0 Å². The lowest BCUT2D eigenvalue weighted by Gasteiger charge is -2.05. The molecule has 0 unspecified atom stereocenters. The number of carbonyl (C=O) groups is 1. The van der Waals surface area contributed by atoms with Gasteiger partial charge in [-0.1, -0.05) is 72.9 Å². The van der Waals surface area contributed by atoms with Crippen LogP contribution in [0.5, 0.6) is 0 Å². The fourth-order valence-electron chi connectivity index (χ4n) is 2.80. The summed E-state index contributed by atoms with van der Waals surface area (Å²) in [5, 5.41) is 7.11. The van der Waals surface area contributed by atoms with E-state index in [1.807, 2.05) is 25.1 Å². The second kappa shape index (κ2) is 9.33. The van der Waals surface area contributed by atoms with Crippen molar-refractivity contribution in [2.24, 2.45) is 0 Å². The van der Waals surface area contributed by atoms with Crippen molar-refractivity contribution >= 4 is 22.4 Å². The van der Waals surface area contributed by atoms with Gasteiger partial charge in [-0.3, -0.25) is 4.79 Å². The summed E-state index contributed by atoms with van der Waals surface area (Å²) < 4.78 is 0. The third kappa shape index (κ3) is 5.41. The van der Waals surface area contributed by atoms with Crippen molar-refractivity contribution in [1.82, 2.24) is 10.3 Å². The Kier molecular flexibility index (Phi) is 6.60. The molecule has 0 aliphatic carbocycles. The van der Waals surface area contributed by atoms with Gasteiger partial charge in [-0.05, 0) is 36.5 Å². The van der Waals surface area contributed by atoms with Gasteiger partial charge in [0.25, 0.3) is 5.91 Å². The second-order valence-corrected chi connectivity index (χ2v) is 7.45. The first-order valence-corrected chi connectivity index (χ1v) is 10.1. The molecule has 1 aromatic heterocycles. The van der Waals surface area contributed by atoms with Gasteiger partial charge < -0.3 is 10.6 Å². The molecule has 0 saturated heterocycles. The molecule has 0 aliphatic heterocycles. The molecule has 4 nitrogen and oxygen atoms in total. The van der Waals surface area contributed by atoms with Crippen LogP contribution >= 0.6 is 11.3 Å². The van der Waals surface area contributed by atoms with Gasteiger partial charge in [0.2, 0.25) is 0 Å². The van der Waals surface area contributed by atoms with E-state index in [4.69, 9.17) is 0 Å². The highest BCUT2D eigenvalue weighted by Crippen LogP contribution is 2.22. The van der Waals surface area contributed by atoms with E-state index in [-0.39, 0.29) is 5.91 Å². The van der Waals surface area contributed by atoms with Crippen LogP contribution in [0.1, 0.15) is 39.0 Å². The average molecular weight is 380 g/mol. The van der Waals surface area contributed by atoms with Gasteiger partial charge in [-0.15, -0.1) is 0 Å². The molecule has 0 radical (unpaired) electrons. The van der Waals surface area contributed by atoms with Crippen LogP contribution < -0.4 is 10.6 Å². The van der Waals surface area contributed by atoms with Crippen LogP contribution in [-0.2, 0) is 19.4 Å². The Morgan fingerprint density at radius 2 is 1.70 bits per heavy atom. The minimum Gasteiger partial charge on any atom is -0.361 e. The number of hydrogen-bond donors (Lipinski definition) is 2. The number of nitrogens with one attached hydrogen (secondary N) is 2. The van der Waals surface area contributed by atoms with Gasteiger partial charge in [-0.2, -0.15) is 0 Å². The summed E-state index contributed by atoms with van der Waals surface area (Å²) in [5.41, 5.74) is 4.45. The molecule has 3 aromatic rings. The van der Waals surface area contributed by atoms with Crippen LogP contribution in [-0.4, -0.2) is 17.4 Å². The largest absolute Gasteiger partial charge is 0.361 e. The van der Waals surface area contributed by atoms with Gasteiger partial charge in [0, 0.05) is 13.1 Å². The van der Waals surface area contributed by atoms with E-state index in [1.54, 1.807) is 0 Å². The predicted octanol–water partition coefficient (Wildman–Crippen LogP) is 4.60. The summed E-state index contributed by atoms with van der Waals surface area (Å²) in [4.78, 5) is 17.7. The minimum absolute atomic E-state index is 0.0688. The van der Waals surface area contributed by atoms with E-state index in [1.165, 1.54) is 22.5 Å². The first kappa shape index (κ1) is 19.1. The average Bonchev–Trinajstić information content (AvgIpc) is 3.08. The molecule has 2 N–H and O–H groups in total. The Labute approximate surface area is 164 Å². The first-order valence-electron chi connectivity index (χ1n) is 9.27. The quantitative estimate of drug-likeness (QED) is 0.601. The Hall–Kier alpha value is -2.66. The molecular formula is C22H25N3OS. The molecule has 0 spiro atoms. The lowest BCUT2D eigenvalue weighted by Crippen LogP contribution is -2.22. The summed E-state index contributed by atoms with van der Waals surface area (Å²) >= 11 is 1.41. The summed E-state index contributed by atoms with van der Waals surface area (Å²) in [7, 11) is 0. The molecule has 0 fully saturated rings. The summed E-state index contributed by atoms with van der Waals surface area (Å²) in [5.74, 6) is -0.0688. The van der Waals surface area contributed by atoms with E-state index >= 15 is 0 Å². The molecule has 0 atom stereocenters. The van der Waals surface area contributed by atoms with Crippen molar-refractivity contribution < 1.29 is 4.79 Å². The number of amides is 1. The minimum atomic E-state index is -0.0688. The number of anilines is 1. The second-order valence-electron chi connectivity index (χ2n) is 6.45. The van der Waals surface area contributed by atoms with Crippen molar-refractivity contribution in [2.75, 3.05) is 11.9 Å². The maximum atomic E-state index is 12.5. The number of carbonyl (C=O) groups excluding carboxylic acids is 1. The van der Waals surface area contributed by atoms with Crippen LogP contribution in [0.15, 0.2) is 54.6 Å². The topological polar surface area (TPSA) is 54.0 Å². The predicted molar refractivity (Wildman–Crippen MR) is 112 cm³/mol. The van der Waals surface area contributed by atoms with Gasteiger partial charge in [0.05, 0.1) is 5.69 Å². The molecule has 27 heavy (non-hydrogen) atoms. The van der Waals surface area contributed by atoms with Crippen LogP contribution in [0.25, 0.3) is 0 Å². The van der Waals surface area contributed by atoms with E-state index < -0.39 is 0 Å². The van der Waals surface area contributed by atoms with Crippen LogP contribution in [0, 0.1) is 6.92 Å². The van der Waals surface area contributed by atoms with Crippen molar-refractivity contribution in [3.05, 3.63) is 81.9 Å². The lowest BCUT2D eigenvalue weighted by atomic mass is 10.1. The number of nitrogens with zero attached hydrogens (tertiary/aromatic N) is 1.